The summed E-state index contributed by atoms with van der Waals surface area (Å²) in [5, 5.41) is 9.64. The second-order valence-electron chi connectivity index (χ2n) is 4.17. The van der Waals surface area contributed by atoms with Crippen LogP contribution in [0.3, 0.4) is 0 Å². The first-order chi connectivity index (χ1) is 9.28. The van der Waals surface area contributed by atoms with E-state index in [2.05, 4.69) is 0 Å². The highest BCUT2D eigenvalue weighted by atomic mass is 16.4. The van der Waals surface area contributed by atoms with Crippen LogP contribution in [0.15, 0.2) is 63.8 Å². The summed E-state index contributed by atoms with van der Waals surface area (Å²) in [6.45, 7) is 0. The van der Waals surface area contributed by atoms with Gasteiger partial charge in [0.05, 0.1) is 17.2 Å². The van der Waals surface area contributed by atoms with Crippen molar-refractivity contribution >= 4 is 11.0 Å². The Balaban J connectivity index is 2.21. The molecule has 0 N–H and O–H groups in total. The van der Waals surface area contributed by atoms with Crippen LogP contribution in [0.1, 0.15) is 5.56 Å². The Labute approximate surface area is 109 Å². The van der Waals surface area contributed by atoms with Crippen molar-refractivity contribution in [1.29, 1.82) is 5.26 Å². The van der Waals surface area contributed by atoms with Crippen LogP contribution in [0, 0.1) is 11.3 Å². The zero-order chi connectivity index (χ0) is 13.2. The summed E-state index contributed by atoms with van der Waals surface area (Å²) >= 11 is 0. The Morgan fingerprint density at radius 2 is 1.74 bits per heavy atom. The first-order valence-electron chi connectivity index (χ1n) is 5.81. The molecule has 1 aromatic heterocycles. The maximum atomic E-state index is 12.0. The lowest BCUT2D eigenvalue weighted by molar-refractivity contribution is 0.563. The van der Waals surface area contributed by atoms with Gasteiger partial charge in [0.25, 0.3) is 0 Å². The highest BCUT2D eigenvalue weighted by molar-refractivity contribution is 5.81. The largest absolute Gasteiger partial charge is 0.422 e. The van der Waals surface area contributed by atoms with E-state index >= 15 is 0 Å². The van der Waals surface area contributed by atoms with Crippen molar-refractivity contribution in [2.45, 2.75) is 0 Å². The summed E-state index contributed by atoms with van der Waals surface area (Å²) in [5.74, 6) is 0. The minimum Gasteiger partial charge on any atom is -0.422 e. The molecule has 0 atom stereocenters. The molecule has 3 nitrogen and oxygen atoms in total. The van der Waals surface area contributed by atoms with Gasteiger partial charge in [-0.25, -0.2) is 4.79 Å². The van der Waals surface area contributed by atoms with Crippen LogP contribution in [-0.2, 0) is 0 Å². The first-order valence-corrected chi connectivity index (χ1v) is 5.81. The van der Waals surface area contributed by atoms with Crippen LogP contribution in [-0.4, -0.2) is 0 Å². The van der Waals surface area contributed by atoms with Gasteiger partial charge in [-0.15, -0.1) is 0 Å². The van der Waals surface area contributed by atoms with Gasteiger partial charge >= 0.3 is 5.63 Å². The molecule has 3 aromatic rings. The van der Waals surface area contributed by atoms with E-state index in [-0.39, 0.29) is 5.63 Å². The molecule has 0 bridgehead atoms. The van der Waals surface area contributed by atoms with Crippen molar-refractivity contribution < 1.29 is 4.42 Å². The van der Waals surface area contributed by atoms with Crippen LogP contribution in [0.25, 0.3) is 22.1 Å². The van der Waals surface area contributed by atoms with Gasteiger partial charge in [-0.3, -0.25) is 0 Å². The van der Waals surface area contributed by atoms with Crippen LogP contribution in [0.5, 0.6) is 0 Å². The first kappa shape index (κ1) is 11.2. The average Bonchev–Trinajstić information content (AvgIpc) is 2.47. The molecule has 0 saturated carbocycles. The average molecular weight is 247 g/mol. The van der Waals surface area contributed by atoms with Crippen molar-refractivity contribution in [3.63, 3.8) is 0 Å². The summed E-state index contributed by atoms with van der Waals surface area (Å²) in [4.78, 5) is 12.0. The Morgan fingerprint density at radius 1 is 1.00 bits per heavy atom. The maximum absolute atomic E-state index is 12.0. The molecule has 2 aromatic carbocycles. The number of hydrogen-bond acceptors (Lipinski definition) is 3. The van der Waals surface area contributed by atoms with Gasteiger partial charge in [0.2, 0.25) is 0 Å². The Bertz CT molecular complexity index is 839. The van der Waals surface area contributed by atoms with Crippen LogP contribution in [0.2, 0.25) is 0 Å². The monoisotopic (exact) mass is 247 g/mol. The van der Waals surface area contributed by atoms with Crippen molar-refractivity contribution in [2.24, 2.45) is 0 Å². The van der Waals surface area contributed by atoms with Crippen molar-refractivity contribution in [2.75, 3.05) is 0 Å². The number of para-hydroxylation sites is 1. The minimum atomic E-state index is -0.372. The van der Waals surface area contributed by atoms with E-state index in [1.807, 2.05) is 30.3 Å². The molecule has 0 saturated heterocycles. The second-order valence-corrected chi connectivity index (χ2v) is 4.17. The molecular formula is C16H9NO2. The number of benzene rings is 2. The molecule has 3 rings (SSSR count). The zero-order valence-electron chi connectivity index (χ0n) is 9.96. The molecule has 0 aliphatic carbocycles. The molecule has 0 fully saturated rings. The molecule has 0 aliphatic rings. The smallest absolute Gasteiger partial charge is 0.344 e. The van der Waals surface area contributed by atoms with Gasteiger partial charge < -0.3 is 4.42 Å². The molecular weight excluding hydrogens is 238 g/mol. The quantitative estimate of drug-likeness (QED) is 0.620. The standard InChI is InChI=1S/C16H9NO2/c17-10-11-5-7-12(8-6-11)14-9-13-3-1-2-4-15(13)19-16(14)18/h1-9H. The third kappa shape index (κ3) is 2.00. The number of fused-ring (bicyclic) bond motifs is 1. The Hall–Kier alpha value is -2.86. The van der Waals surface area contributed by atoms with Gasteiger partial charge in [-0.1, -0.05) is 30.3 Å². The molecule has 0 unspecified atom stereocenters. The van der Waals surface area contributed by atoms with Gasteiger partial charge in [0.15, 0.2) is 0 Å². The molecule has 0 aliphatic heterocycles. The SMILES string of the molecule is N#Cc1ccc(-c2cc3ccccc3oc2=O)cc1. The molecule has 19 heavy (non-hydrogen) atoms. The molecule has 0 radical (unpaired) electrons. The van der Waals surface area contributed by atoms with E-state index in [1.54, 1.807) is 30.3 Å². The predicted molar refractivity (Wildman–Crippen MR) is 72.6 cm³/mol. The number of nitriles is 1. The zero-order valence-corrected chi connectivity index (χ0v) is 9.96. The molecule has 3 heteroatoms. The summed E-state index contributed by atoms with van der Waals surface area (Å²) in [7, 11) is 0. The molecule has 90 valence electrons. The van der Waals surface area contributed by atoms with Gasteiger partial charge in [0, 0.05) is 5.39 Å². The van der Waals surface area contributed by atoms with Crippen LogP contribution >= 0.6 is 0 Å². The summed E-state index contributed by atoms with van der Waals surface area (Å²) in [6, 6.07) is 18.1. The van der Waals surface area contributed by atoms with Crippen LogP contribution in [0.4, 0.5) is 0 Å². The fourth-order valence-electron chi connectivity index (χ4n) is 1.99. The molecule has 0 amide bonds. The fraction of sp³-hybridized carbons (Fsp3) is 0. The molecule has 1 heterocycles. The summed E-state index contributed by atoms with van der Waals surface area (Å²) < 4.78 is 5.28. The lowest BCUT2D eigenvalue weighted by Gasteiger charge is -2.02. The number of nitrogens with zero attached hydrogens (tertiary/aromatic N) is 1. The fourth-order valence-corrected chi connectivity index (χ4v) is 1.99. The lowest BCUT2D eigenvalue weighted by atomic mass is 10.0. The lowest BCUT2D eigenvalue weighted by Crippen LogP contribution is -2.02. The van der Waals surface area contributed by atoms with E-state index in [1.165, 1.54) is 0 Å². The minimum absolute atomic E-state index is 0.372. The number of hydrogen-bond donors (Lipinski definition) is 0. The van der Waals surface area contributed by atoms with E-state index in [9.17, 15) is 4.79 Å². The highest BCUT2D eigenvalue weighted by Gasteiger charge is 2.07. The second kappa shape index (κ2) is 4.43. The normalized spacial score (nSPS) is 10.3. The van der Waals surface area contributed by atoms with E-state index in [0.29, 0.717) is 16.7 Å². The summed E-state index contributed by atoms with van der Waals surface area (Å²) in [5.41, 5.74) is 2.02. The van der Waals surface area contributed by atoms with Crippen molar-refractivity contribution in [3.05, 3.63) is 70.6 Å². The van der Waals surface area contributed by atoms with E-state index in [4.69, 9.17) is 9.68 Å². The van der Waals surface area contributed by atoms with Crippen molar-refractivity contribution in [1.82, 2.24) is 0 Å². The Kier molecular flexibility index (Phi) is 2.62. The third-order valence-electron chi connectivity index (χ3n) is 2.97. The van der Waals surface area contributed by atoms with Gasteiger partial charge in [-0.05, 0) is 29.8 Å². The third-order valence-corrected chi connectivity index (χ3v) is 2.97. The van der Waals surface area contributed by atoms with E-state index in [0.717, 1.165) is 10.9 Å². The maximum Gasteiger partial charge on any atom is 0.344 e. The predicted octanol–water partition coefficient (Wildman–Crippen LogP) is 3.33. The topological polar surface area (TPSA) is 54.0 Å². The van der Waals surface area contributed by atoms with Gasteiger partial charge in [0.1, 0.15) is 5.58 Å². The van der Waals surface area contributed by atoms with Crippen molar-refractivity contribution in [3.8, 4) is 17.2 Å². The van der Waals surface area contributed by atoms with Gasteiger partial charge in [-0.2, -0.15) is 5.26 Å². The van der Waals surface area contributed by atoms with Crippen LogP contribution < -0.4 is 5.63 Å². The molecule has 0 spiro atoms. The Morgan fingerprint density at radius 3 is 2.47 bits per heavy atom. The summed E-state index contributed by atoms with van der Waals surface area (Å²) in [6.07, 6.45) is 0. The highest BCUT2D eigenvalue weighted by Crippen LogP contribution is 2.21. The number of rotatable bonds is 1. The van der Waals surface area contributed by atoms with E-state index < -0.39 is 0 Å².